The summed E-state index contributed by atoms with van der Waals surface area (Å²) in [6, 6.07) is 4.34. The summed E-state index contributed by atoms with van der Waals surface area (Å²) >= 11 is 0. The van der Waals surface area contributed by atoms with Gasteiger partial charge in [-0.3, -0.25) is 0 Å². The number of hydrogen-bond donors (Lipinski definition) is 1. The normalized spacial score (nSPS) is 15.8. The lowest BCUT2D eigenvalue weighted by Crippen LogP contribution is -2.21. The van der Waals surface area contributed by atoms with Crippen LogP contribution in [0.25, 0.3) is 0 Å². The number of carboxylic acids is 1. The van der Waals surface area contributed by atoms with E-state index < -0.39 is 11.8 Å². The molecule has 1 N–H and O–H groups in total. The second kappa shape index (κ2) is 4.61. The highest BCUT2D eigenvalue weighted by molar-refractivity contribution is 5.88. The van der Waals surface area contributed by atoms with Crippen molar-refractivity contribution >= 4 is 5.97 Å². The first kappa shape index (κ1) is 11.1. The van der Waals surface area contributed by atoms with Gasteiger partial charge in [-0.2, -0.15) is 0 Å². The van der Waals surface area contributed by atoms with E-state index in [-0.39, 0.29) is 18.3 Å². The van der Waals surface area contributed by atoms with E-state index in [0.29, 0.717) is 5.56 Å². The molecule has 0 spiro atoms. The van der Waals surface area contributed by atoms with Gasteiger partial charge in [0.15, 0.2) is 0 Å². The van der Waals surface area contributed by atoms with Crippen LogP contribution in [0.1, 0.15) is 35.2 Å². The molecular weight excluding hydrogens is 211 g/mol. The Hall–Kier alpha value is -1.42. The molecule has 1 saturated carbocycles. The molecule has 1 aromatic rings. The first-order chi connectivity index (χ1) is 7.68. The highest BCUT2D eigenvalue weighted by Gasteiger charge is 2.19. The SMILES string of the molecule is O=C(O)c1cccc(COC2CCC2)c1F. The van der Waals surface area contributed by atoms with Gasteiger partial charge >= 0.3 is 5.97 Å². The van der Waals surface area contributed by atoms with E-state index in [2.05, 4.69) is 0 Å². The van der Waals surface area contributed by atoms with Crippen molar-refractivity contribution < 1.29 is 19.0 Å². The van der Waals surface area contributed by atoms with Gasteiger partial charge in [0.1, 0.15) is 5.82 Å². The van der Waals surface area contributed by atoms with Crippen LogP contribution in [0.15, 0.2) is 18.2 Å². The van der Waals surface area contributed by atoms with E-state index in [4.69, 9.17) is 9.84 Å². The average Bonchev–Trinajstić information content (AvgIpc) is 2.17. The molecule has 0 unspecified atom stereocenters. The van der Waals surface area contributed by atoms with Crippen LogP contribution in [0, 0.1) is 5.82 Å². The van der Waals surface area contributed by atoms with Crippen LogP contribution in [-0.4, -0.2) is 17.2 Å². The molecule has 3 nitrogen and oxygen atoms in total. The number of halogens is 1. The van der Waals surface area contributed by atoms with Crippen molar-refractivity contribution in [3.63, 3.8) is 0 Å². The molecule has 86 valence electrons. The van der Waals surface area contributed by atoms with Crippen LogP contribution < -0.4 is 0 Å². The van der Waals surface area contributed by atoms with E-state index >= 15 is 0 Å². The molecule has 2 rings (SSSR count). The van der Waals surface area contributed by atoms with Crippen LogP contribution in [0.4, 0.5) is 4.39 Å². The molecule has 1 aromatic carbocycles. The zero-order chi connectivity index (χ0) is 11.5. The van der Waals surface area contributed by atoms with E-state index in [1.165, 1.54) is 12.1 Å². The molecule has 1 aliphatic carbocycles. The molecule has 4 heteroatoms. The van der Waals surface area contributed by atoms with Gasteiger partial charge in [-0.1, -0.05) is 12.1 Å². The standard InChI is InChI=1S/C12H13FO3/c13-11-8(7-16-9-4-2-5-9)3-1-6-10(11)12(14)15/h1,3,6,9H,2,4-5,7H2,(H,14,15). The number of carbonyl (C=O) groups is 1. The maximum atomic E-state index is 13.6. The molecular formula is C12H13FO3. The number of rotatable bonds is 4. The van der Waals surface area contributed by atoms with Gasteiger partial charge in [-0.05, 0) is 25.3 Å². The highest BCUT2D eigenvalue weighted by atomic mass is 19.1. The fourth-order valence-corrected chi connectivity index (χ4v) is 1.60. The first-order valence-corrected chi connectivity index (χ1v) is 5.31. The molecule has 0 atom stereocenters. The third kappa shape index (κ3) is 2.22. The third-order valence-electron chi connectivity index (χ3n) is 2.84. The maximum absolute atomic E-state index is 13.6. The van der Waals surface area contributed by atoms with Crippen molar-refractivity contribution in [2.24, 2.45) is 0 Å². The minimum absolute atomic E-state index is 0.150. The Morgan fingerprint density at radius 2 is 2.25 bits per heavy atom. The van der Waals surface area contributed by atoms with E-state index in [9.17, 15) is 9.18 Å². The van der Waals surface area contributed by atoms with Gasteiger partial charge < -0.3 is 9.84 Å². The van der Waals surface area contributed by atoms with Crippen molar-refractivity contribution in [2.75, 3.05) is 0 Å². The summed E-state index contributed by atoms with van der Waals surface area (Å²) in [4.78, 5) is 10.7. The van der Waals surface area contributed by atoms with Crippen LogP contribution in [0.5, 0.6) is 0 Å². The zero-order valence-electron chi connectivity index (χ0n) is 8.78. The van der Waals surface area contributed by atoms with Crippen LogP contribution in [0.2, 0.25) is 0 Å². The minimum Gasteiger partial charge on any atom is -0.478 e. The lowest BCUT2D eigenvalue weighted by molar-refractivity contribution is -0.00980. The number of hydrogen-bond acceptors (Lipinski definition) is 2. The fourth-order valence-electron chi connectivity index (χ4n) is 1.60. The Balaban J connectivity index is 2.07. The molecule has 1 aliphatic rings. The van der Waals surface area contributed by atoms with Crippen molar-refractivity contribution in [3.8, 4) is 0 Å². The van der Waals surface area contributed by atoms with Crippen LogP contribution >= 0.6 is 0 Å². The van der Waals surface area contributed by atoms with Gasteiger partial charge in [0.2, 0.25) is 0 Å². The fraction of sp³-hybridized carbons (Fsp3) is 0.417. The summed E-state index contributed by atoms with van der Waals surface area (Å²) in [6.07, 6.45) is 3.40. The lowest BCUT2D eigenvalue weighted by Gasteiger charge is -2.25. The van der Waals surface area contributed by atoms with Crippen LogP contribution in [0.3, 0.4) is 0 Å². The van der Waals surface area contributed by atoms with Gasteiger partial charge in [0.25, 0.3) is 0 Å². The molecule has 0 heterocycles. The van der Waals surface area contributed by atoms with Crippen LogP contribution in [-0.2, 0) is 11.3 Å². The van der Waals surface area contributed by atoms with E-state index in [1.54, 1.807) is 6.07 Å². The molecule has 16 heavy (non-hydrogen) atoms. The van der Waals surface area contributed by atoms with E-state index in [1.807, 2.05) is 0 Å². The van der Waals surface area contributed by atoms with E-state index in [0.717, 1.165) is 19.3 Å². The second-order valence-electron chi connectivity index (χ2n) is 3.95. The second-order valence-corrected chi connectivity index (χ2v) is 3.95. The summed E-state index contributed by atoms with van der Waals surface area (Å²) < 4.78 is 19.1. The van der Waals surface area contributed by atoms with Gasteiger partial charge in [-0.15, -0.1) is 0 Å². The Kier molecular flexibility index (Phi) is 3.19. The Bertz CT molecular complexity index is 399. The number of ether oxygens (including phenoxy) is 1. The molecule has 0 aromatic heterocycles. The summed E-state index contributed by atoms with van der Waals surface area (Å²) in [7, 11) is 0. The lowest BCUT2D eigenvalue weighted by atomic mass is 9.96. The first-order valence-electron chi connectivity index (χ1n) is 5.31. The summed E-state index contributed by atoms with van der Waals surface area (Å²) in [6.45, 7) is 0.150. The molecule has 0 amide bonds. The Labute approximate surface area is 92.9 Å². The summed E-state index contributed by atoms with van der Waals surface area (Å²) in [5.41, 5.74) is 0.0153. The molecule has 0 saturated heterocycles. The van der Waals surface area contributed by atoms with Crippen molar-refractivity contribution in [1.82, 2.24) is 0 Å². The predicted molar refractivity (Wildman–Crippen MR) is 55.8 cm³/mol. The molecule has 0 bridgehead atoms. The number of benzene rings is 1. The van der Waals surface area contributed by atoms with Gasteiger partial charge in [0.05, 0.1) is 18.3 Å². The van der Waals surface area contributed by atoms with Crippen molar-refractivity contribution in [3.05, 3.63) is 35.1 Å². The monoisotopic (exact) mass is 224 g/mol. The van der Waals surface area contributed by atoms with Crippen molar-refractivity contribution in [1.29, 1.82) is 0 Å². The topological polar surface area (TPSA) is 46.5 Å². The molecule has 1 fully saturated rings. The number of carboxylic acid groups (broad SMARTS) is 1. The largest absolute Gasteiger partial charge is 0.478 e. The third-order valence-corrected chi connectivity index (χ3v) is 2.84. The smallest absolute Gasteiger partial charge is 0.338 e. The maximum Gasteiger partial charge on any atom is 0.338 e. The highest BCUT2D eigenvalue weighted by Crippen LogP contribution is 2.24. The number of aromatic carboxylic acids is 1. The quantitative estimate of drug-likeness (QED) is 0.855. The van der Waals surface area contributed by atoms with Gasteiger partial charge in [0, 0.05) is 5.56 Å². The zero-order valence-corrected chi connectivity index (χ0v) is 8.78. The van der Waals surface area contributed by atoms with Crippen molar-refractivity contribution in [2.45, 2.75) is 32.0 Å². The molecule has 0 radical (unpaired) electrons. The van der Waals surface area contributed by atoms with Gasteiger partial charge in [-0.25, -0.2) is 9.18 Å². The summed E-state index contributed by atoms with van der Waals surface area (Å²) in [5, 5.41) is 8.74. The average molecular weight is 224 g/mol. The Morgan fingerprint density at radius 3 is 2.81 bits per heavy atom. The molecule has 0 aliphatic heterocycles. The summed E-state index contributed by atoms with van der Waals surface area (Å²) in [5.74, 6) is -1.93. The minimum atomic E-state index is -1.25. The predicted octanol–water partition coefficient (Wildman–Crippen LogP) is 2.59. The Morgan fingerprint density at radius 1 is 1.50 bits per heavy atom.